The van der Waals surface area contributed by atoms with Gasteiger partial charge in [-0.05, 0) is 24.3 Å². The van der Waals surface area contributed by atoms with E-state index >= 15 is 0 Å². The van der Waals surface area contributed by atoms with Crippen molar-refractivity contribution < 1.29 is 22.7 Å². The van der Waals surface area contributed by atoms with E-state index in [1.165, 1.54) is 30.3 Å². The first-order chi connectivity index (χ1) is 10.9. The van der Waals surface area contributed by atoms with Gasteiger partial charge in [0.2, 0.25) is 0 Å². The number of pyridine rings is 2. The second kappa shape index (κ2) is 7.08. The zero-order valence-electron chi connectivity index (χ0n) is 12.2. The van der Waals surface area contributed by atoms with Crippen molar-refractivity contribution in [3.05, 3.63) is 54.1 Å². The number of carbonyl (C=O) groups is 1. The first-order valence-electron chi connectivity index (χ1n) is 6.67. The highest BCUT2D eigenvalue weighted by Gasteiger charge is 2.29. The Hall–Kier alpha value is -2.64. The van der Waals surface area contributed by atoms with E-state index in [1.807, 2.05) is 0 Å². The maximum atomic E-state index is 12.4. The molecule has 8 heteroatoms. The summed E-state index contributed by atoms with van der Waals surface area (Å²) < 4.78 is 41.5. The molecule has 0 N–H and O–H groups in total. The van der Waals surface area contributed by atoms with Gasteiger partial charge < -0.3 is 9.64 Å². The number of ether oxygens (including phenoxy) is 1. The molecule has 23 heavy (non-hydrogen) atoms. The summed E-state index contributed by atoms with van der Waals surface area (Å²) in [6, 6.07) is 7.94. The summed E-state index contributed by atoms with van der Waals surface area (Å²) in [5, 5.41) is 0. The minimum Gasteiger partial charge on any atom is -0.482 e. The lowest BCUT2D eigenvalue weighted by Gasteiger charge is -2.18. The first-order valence-corrected chi connectivity index (χ1v) is 6.67. The summed E-state index contributed by atoms with van der Waals surface area (Å²) in [5.41, 5.74) is 0.479. The second-order valence-electron chi connectivity index (χ2n) is 4.74. The Kier molecular flexibility index (Phi) is 5.15. The van der Waals surface area contributed by atoms with Crippen LogP contribution in [0.4, 0.5) is 13.2 Å². The van der Waals surface area contributed by atoms with Crippen LogP contribution in [0.2, 0.25) is 0 Å². The predicted molar refractivity (Wildman–Crippen MR) is 75.8 cm³/mol. The largest absolute Gasteiger partial charge is 0.482 e. The number of rotatable bonds is 5. The second-order valence-corrected chi connectivity index (χ2v) is 4.74. The van der Waals surface area contributed by atoms with Crippen molar-refractivity contribution in [3.63, 3.8) is 0 Å². The van der Waals surface area contributed by atoms with Crippen LogP contribution in [0.1, 0.15) is 16.2 Å². The van der Waals surface area contributed by atoms with Crippen LogP contribution >= 0.6 is 0 Å². The van der Waals surface area contributed by atoms with Gasteiger partial charge in [0.05, 0.1) is 12.2 Å². The minimum atomic E-state index is -4.49. The molecule has 0 aliphatic carbocycles. The van der Waals surface area contributed by atoms with Gasteiger partial charge >= 0.3 is 6.18 Å². The number of hydrogen-bond donors (Lipinski definition) is 0. The average molecular weight is 325 g/mol. The third kappa shape index (κ3) is 4.94. The number of alkyl halides is 3. The lowest BCUT2D eigenvalue weighted by Crippen LogP contribution is -2.28. The van der Waals surface area contributed by atoms with E-state index in [0.29, 0.717) is 5.69 Å². The Morgan fingerprint density at radius 3 is 2.57 bits per heavy atom. The van der Waals surface area contributed by atoms with Gasteiger partial charge in [0.1, 0.15) is 0 Å². The van der Waals surface area contributed by atoms with Crippen molar-refractivity contribution in [1.82, 2.24) is 14.9 Å². The molecule has 2 aromatic heterocycles. The molecule has 0 aliphatic heterocycles. The van der Waals surface area contributed by atoms with Crippen LogP contribution in [0.3, 0.4) is 0 Å². The SMILES string of the molecule is CN(Cc1ccccn1)C(=O)c1ncccc1OCC(F)(F)F. The van der Waals surface area contributed by atoms with Gasteiger partial charge in [0.15, 0.2) is 18.1 Å². The Morgan fingerprint density at radius 1 is 1.17 bits per heavy atom. The molecule has 0 radical (unpaired) electrons. The lowest BCUT2D eigenvalue weighted by molar-refractivity contribution is -0.153. The van der Waals surface area contributed by atoms with E-state index in [0.717, 1.165) is 0 Å². The third-order valence-corrected chi connectivity index (χ3v) is 2.84. The van der Waals surface area contributed by atoms with Crippen molar-refractivity contribution in [3.8, 4) is 5.75 Å². The summed E-state index contributed by atoms with van der Waals surface area (Å²) >= 11 is 0. The minimum absolute atomic E-state index is 0.171. The number of nitrogens with zero attached hydrogens (tertiary/aromatic N) is 3. The molecule has 0 fully saturated rings. The fourth-order valence-corrected chi connectivity index (χ4v) is 1.81. The molecule has 0 aliphatic rings. The van der Waals surface area contributed by atoms with Crippen LogP contribution in [0, 0.1) is 0 Å². The van der Waals surface area contributed by atoms with E-state index in [9.17, 15) is 18.0 Å². The molecule has 2 aromatic rings. The van der Waals surface area contributed by atoms with Crippen molar-refractivity contribution in [1.29, 1.82) is 0 Å². The van der Waals surface area contributed by atoms with Gasteiger partial charge in [-0.2, -0.15) is 13.2 Å². The molecule has 0 atom stereocenters. The molecule has 5 nitrogen and oxygen atoms in total. The smallest absolute Gasteiger partial charge is 0.422 e. The zero-order valence-corrected chi connectivity index (χ0v) is 12.2. The van der Waals surface area contributed by atoms with Crippen molar-refractivity contribution in [2.75, 3.05) is 13.7 Å². The number of hydrogen-bond acceptors (Lipinski definition) is 4. The molecule has 122 valence electrons. The maximum absolute atomic E-state index is 12.4. The van der Waals surface area contributed by atoms with Gasteiger partial charge in [-0.3, -0.25) is 9.78 Å². The molecule has 0 bridgehead atoms. The maximum Gasteiger partial charge on any atom is 0.422 e. The Balaban J connectivity index is 2.12. The van der Waals surface area contributed by atoms with Crippen LogP contribution < -0.4 is 4.74 Å². The van der Waals surface area contributed by atoms with Gasteiger partial charge in [-0.25, -0.2) is 4.98 Å². The van der Waals surface area contributed by atoms with Gasteiger partial charge in [0, 0.05) is 19.4 Å². The fraction of sp³-hybridized carbons (Fsp3) is 0.267. The average Bonchev–Trinajstić information content (AvgIpc) is 2.53. The third-order valence-electron chi connectivity index (χ3n) is 2.84. The Bertz CT molecular complexity index is 663. The highest BCUT2D eigenvalue weighted by atomic mass is 19.4. The van der Waals surface area contributed by atoms with E-state index < -0.39 is 18.7 Å². The topological polar surface area (TPSA) is 55.3 Å². The summed E-state index contributed by atoms with van der Waals surface area (Å²) in [6.45, 7) is -1.28. The number of aromatic nitrogens is 2. The summed E-state index contributed by atoms with van der Waals surface area (Å²) in [6.07, 6.45) is -1.58. The molecule has 2 rings (SSSR count). The summed E-state index contributed by atoms with van der Waals surface area (Å²) in [7, 11) is 1.51. The molecule has 2 heterocycles. The number of carbonyl (C=O) groups excluding carboxylic acids is 1. The lowest BCUT2D eigenvalue weighted by atomic mass is 10.2. The molecule has 0 aromatic carbocycles. The zero-order chi connectivity index (χ0) is 16.9. The number of halogens is 3. The summed E-state index contributed by atoms with van der Waals surface area (Å²) in [5.74, 6) is -0.754. The van der Waals surface area contributed by atoms with Crippen molar-refractivity contribution in [2.24, 2.45) is 0 Å². The fourth-order valence-electron chi connectivity index (χ4n) is 1.81. The standard InChI is InChI=1S/C15H14F3N3O2/c1-21(9-11-5-2-3-7-19-11)14(22)13-12(6-4-8-20-13)23-10-15(16,17)18/h2-8H,9-10H2,1H3. The van der Waals surface area contributed by atoms with Crippen molar-refractivity contribution >= 4 is 5.91 Å². The van der Waals surface area contributed by atoms with Gasteiger partial charge in [0.25, 0.3) is 5.91 Å². The normalized spacial score (nSPS) is 11.1. The van der Waals surface area contributed by atoms with Crippen LogP contribution in [0.25, 0.3) is 0 Å². The van der Waals surface area contributed by atoms with E-state index in [1.54, 1.807) is 24.4 Å². The first kappa shape index (κ1) is 16.7. The molecule has 0 saturated heterocycles. The van der Waals surface area contributed by atoms with E-state index in [2.05, 4.69) is 14.7 Å². The van der Waals surface area contributed by atoms with E-state index in [-0.39, 0.29) is 18.0 Å². The van der Waals surface area contributed by atoms with Crippen molar-refractivity contribution in [2.45, 2.75) is 12.7 Å². The Morgan fingerprint density at radius 2 is 1.91 bits per heavy atom. The monoisotopic (exact) mass is 325 g/mol. The quantitative estimate of drug-likeness (QED) is 0.848. The van der Waals surface area contributed by atoms with Gasteiger partial charge in [-0.15, -0.1) is 0 Å². The number of amides is 1. The van der Waals surface area contributed by atoms with E-state index in [4.69, 9.17) is 0 Å². The summed E-state index contributed by atoms with van der Waals surface area (Å²) in [4.78, 5) is 21.6. The molecule has 1 amide bonds. The van der Waals surface area contributed by atoms with Gasteiger partial charge in [-0.1, -0.05) is 6.07 Å². The molecule has 0 saturated carbocycles. The molecule has 0 unspecified atom stereocenters. The predicted octanol–water partition coefficient (Wildman–Crippen LogP) is 2.69. The molecule has 0 spiro atoms. The Labute approximate surface area is 130 Å². The molecular weight excluding hydrogens is 311 g/mol. The van der Waals surface area contributed by atoms with Crippen LogP contribution in [0.5, 0.6) is 5.75 Å². The molecular formula is C15H14F3N3O2. The highest BCUT2D eigenvalue weighted by Crippen LogP contribution is 2.21. The van der Waals surface area contributed by atoms with Crippen LogP contribution in [0.15, 0.2) is 42.7 Å². The van der Waals surface area contributed by atoms with Crippen LogP contribution in [-0.4, -0.2) is 40.6 Å². The highest BCUT2D eigenvalue weighted by molar-refractivity contribution is 5.94. The van der Waals surface area contributed by atoms with Crippen LogP contribution in [-0.2, 0) is 6.54 Å².